The number of furan rings is 1. The van der Waals surface area contributed by atoms with E-state index in [1.807, 2.05) is 0 Å². The average Bonchev–Trinajstić information content (AvgIpc) is 2.77. The number of fused-ring (bicyclic) bond motifs is 1. The normalized spacial score (nSPS) is 12.4. The van der Waals surface area contributed by atoms with E-state index in [-0.39, 0.29) is 22.4 Å². The van der Waals surface area contributed by atoms with Gasteiger partial charge in [-0.25, -0.2) is 9.78 Å². The molecule has 0 aliphatic heterocycles. The van der Waals surface area contributed by atoms with Gasteiger partial charge in [0.15, 0.2) is 0 Å². The van der Waals surface area contributed by atoms with Crippen molar-refractivity contribution in [2.45, 2.75) is 19.9 Å². The summed E-state index contributed by atoms with van der Waals surface area (Å²) in [4.78, 5) is 40.6. The smallest absolute Gasteiger partial charge is 0.326 e. The first-order valence-corrected chi connectivity index (χ1v) is 6.20. The van der Waals surface area contributed by atoms with Gasteiger partial charge in [-0.3, -0.25) is 9.59 Å². The number of carboxylic acid groups (broad SMARTS) is 1. The highest BCUT2D eigenvalue weighted by Crippen LogP contribution is 2.22. The van der Waals surface area contributed by atoms with Crippen molar-refractivity contribution in [2.75, 3.05) is 7.05 Å². The number of aliphatic carboxylic acids is 1. The van der Waals surface area contributed by atoms with Gasteiger partial charge >= 0.3 is 5.97 Å². The van der Waals surface area contributed by atoms with Crippen molar-refractivity contribution in [1.82, 2.24) is 14.5 Å². The number of carbonyl (C=O) groups is 2. The number of carbonyl (C=O) groups excluding carboxylic acids is 1. The highest BCUT2D eigenvalue weighted by molar-refractivity contribution is 6.07. The molecule has 1 unspecified atom stereocenters. The minimum atomic E-state index is -1.14. The van der Waals surface area contributed by atoms with Gasteiger partial charge in [-0.05, 0) is 13.8 Å². The molecule has 0 bridgehead atoms. The Morgan fingerprint density at radius 2 is 2.10 bits per heavy atom. The zero-order chi connectivity index (χ0) is 15.9. The third kappa shape index (κ3) is 2.28. The number of nitrogens with zero attached hydrogens (tertiary/aromatic N) is 3. The molecule has 8 heteroatoms. The van der Waals surface area contributed by atoms with Crippen molar-refractivity contribution in [3.05, 3.63) is 28.0 Å². The number of rotatable bonds is 3. The molecule has 0 spiro atoms. The Hall–Kier alpha value is -2.64. The average molecular weight is 293 g/mol. The van der Waals surface area contributed by atoms with E-state index in [9.17, 15) is 14.4 Å². The molecule has 0 aromatic carbocycles. The number of carboxylic acids is 1. The Kier molecular flexibility index (Phi) is 3.54. The van der Waals surface area contributed by atoms with Gasteiger partial charge in [0.25, 0.3) is 11.5 Å². The Labute approximate surface area is 119 Å². The summed E-state index contributed by atoms with van der Waals surface area (Å²) in [6, 6.07) is -1.03. The number of aromatic nitrogens is 2. The van der Waals surface area contributed by atoms with E-state index in [0.717, 1.165) is 4.90 Å². The minimum Gasteiger partial charge on any atom is -0.480 e. The molecule has 0 saturated heterocycles. The highest BCUT2D eigenvalue weighted by Gasteiger charge is 2.29. The maximum atomic E-state index is 12.5. The number of amides is 1. The lowest BCUT2D eigenvalue weighted by atomic mass is 10.1. The van der Waals surface area contributed by atoms with Crippen LogP contribution in [0.1, 0.15) is 23.0 Å². The van der Waals surface area contributed by atoms with E-state index >= 15 is 0 Å². The zero-order valence-corrected chi connectivity index (χ0v) is 12.1. The standard InChI is InChI=1S/C13H15N3O5/c1-6(13(19)20)16(4)12(18)8-7(2)21-10-9(8)11(17)15(3)5-14-10/h5-6H,1-4H3,(H,19,20). The van der Waals surface area contributed by atoms with Crippen LogP contribution in [0.4, 0.5) is 0 Å². The maximum Gasteiger partial charge on any atom is 0.326 e. The molecule has 0 aliphatic carbocycles. The fourth-order valence-electron chi connectivity index (χ4n) is 1.96. The van der Waals surface area contributed by atoms with Crippen LogP contribution >= 0.6 is 0 Å². The van der Waals surface area contributed by atoms with E-state index in [0.29, 0.717) is 0 Å². The Morgan fingerprint density at radius 1 is 1.48 bits per heavy atom. The summed E-state index contributed by atoms with van der Waals surface area (Å²) < 4.78 is 6.56. The predicted octanol–water partition coefficient (Wildman–Crippen LogP) is 0.380. The number of aryl methyl sites for hydroxylation is 2. The predicted molar refractivity (Wildman–Crippen MR) is 73.2 cm³/mol. The lowest BCUT2D eigenvalue weighted by Gasteiger charge is -2.21. The minimum absolute atomic E-state index is 0.0503. The summed E-state index contributed by atoms with van der Waals surface area (Å²) in [5, 5.41) is 9.05. The van der Waals surface area contributed by atoms with Crippen LogP contribution in [0, 0.1) is 6.92 Å². The molecule has 1 atom stereocenters. The molecule has 2 aromatic heterocycles. The van der Waals surface area contributed by atoms with Crippen LogP contribution in [0.15, 0.2) is 15.5 Å². The van der Waals surface area contributed by atoms with Gasteiger partial charge < -0.3 is 19.0 Å². The third-order valence-corrected chi connectivity index (χ3v) is 3.42. The number of hydrogen-bond donors (Lipinski definition) is 1. The van der Waals surface area contributed by atoms with Crippen molar-refractivity contribution in [1.29, 1.82) is 0 Å². The lowest BCUT2D eigenvalue weighted by Crippen LogP contribution is -2.40. The summed E-state index contributed by atoms with van der Waals surface area (Å²) in [7, 11) is 2.87. The van der Waals surface area contributed by atoms with Crippen LogP contribution in [-0.4, -0.2) is 44.5 Å². The largest absolute Gasteiger partial charge is 0.480 e. The molecule has 2 aromatic rings. The fraction of sp³-hybridized carbons (Fsp3) is 0.385. The van der Waals surface area contributed by atoms with Crippen LogP contribution in [0.5, 0.6) is 0 Å². The van der Waals surface area contributed by atoms with Crippen molar-refractivity contribution in [3.8, 4) is 0 Å². The molecule has 1 amide bonds. The van der Waals surface area contributed by atoms with Gasteiger partial charge in [0.1, 0.15) is 23.5 Å². The highest BCUT2D eigenvalue weighted by atomic mass is 16.4. The zero-order valence-electron chi connectivity index (χ0n) is 12.1. The molecular formula is C13H15N3O5. The van der Waals surface area contributed by atoms with Gasteiger partial charge in [0.05, 0.1) is 5.56 Å². The molecule has 8 nitrogen and oxygen atoms in total. The number of hydrogen-bond acceptors (Lipinski definition) is 5. The second-order valence-electron chi connectivity index (χ2n) is 4.80. The fourth-order valence-corrected chi connectivity index (χ4v) is 1.96. The van der Waals surface area contributed by atoms with Gasteiger partial charge in [-0.15, -0.1) is 0 Å². The van der Waals surface area contributed by atoms with Crippen molar-refractivity contribution in [2.24, 2.45) is 7.05 Å². The first-order valence-electron chi connectivity index (χ1n) is 6.20. The van der Waals surface area contributed by atoms with Crippen LogP contribution in [0.2, 0.25) is 0 Å². The van der Waals surface area contributed by atoms with E-state index in [2.05, 4.69) is 4.98 Å². The summed E-state index contributed by atoms with van der Waals surface area (Å²) >= 11 is 0. The maximum absolute atomic E-state index is 12.5. The van der Waals surface area contributed by atoms with Gasteiger partial charge in [-0.1, -0.05) is 0 Å². The Bertz CT molecular complexity index is 789. The quantitative estimate of drug-likeness (QED) is 0.877. The second kappa shape index (κ2) is 5.04. The lowest BCUT2D eigenvalue weighted by molar-refractivity contribution is -0.141. The molecule has 1 N–H and O–H groups in total. The summed E-state index contributed by atoms with van der Waals surface area (Å²) in [6.45, 7) is 2.92. The van der Waals surface area contributed by atoms with Crippen molar-refractivity contribution >= 4 is 23.0 Å². The summed E-state index contributed by atoms with van der Waals surface area (Å²) in [5.74, 6) is -1.50. The van der Waals surface area contributed by atoms with Crippen LogP contribution in [0.25, 0.3) is 11.1 Å². The van der Waals surface area contributed by atoms with Gasteiger partial charge in [0.2, 0.25) is 5.71 Å². The molecule has 0 fully saturated rings. The van der Waals surface area contributed by atoms with Crippen LogP contribution in [0.3, 0.4) is 0 Å². The first-order chi connectivity index (χ1) is 9.75. The molecule has 0 saturated carbocycles. The summed E-state index contributed by atoms with van der Waals surface area (Å²) in [5.41, 5.74) is -0.304. The van der Waals surface area contributed by atoms with Crippen LogP contribution in [-0.2, 0) is 11.8 Å². The van der Waals surface area contributed by atoms with Crippen molar-refractivity contribution in [3.63, 3.8) is 0 Å². The van der Waals surface area contributed by atoms with Crippen LogP contribution < -0.4 is 5.56 Å². The monoisotopic (exact) mass is 293 g/mol. The van der Waals surface area contributed by atoms with E-state index < -0.39 is 23.5 Å². The SMILES string of the molecule is Cc1oc2ncn(C)c(=O)c2c1C(=O)N(C)C(C)C(=O)O. The first kappa shape index (κ1) is 14.8. The molecule has 21 heavy (non-hydrogen) atoms. The topological polar surface area (TPSA) is 106 Å². The summed E-state index contributed by atoms with van der Waals surface area (Å²) in [6.07, 6.45) is 1.30. The van der Waals surface area contributed by atoms with Crippen molar-refractivity contribution < 1.29 is 19.1 Å². The third-order valence-electron chi connectivity index (χ3n) is 3.42. The molecule has 2 heterocycles. The van der Waals surface area contributed by atoms with Gasteiger partial charge in [0, 0.05) is 14.1 Å². The molecule has 0 aliphatic rings. The van der Waals surface area contributed by atoms with E-state index in [4.69, 9.17) is 9.52 Å². The Morgan fingerprint density at radius 3 is 2.67 bits per heavy atom. The molecule has 2 rings (SSSR count). The Balaban J connectivity index is 2.64. The van der Waals surface area contributed by atoms with E-state index in [1.165, 1.54) is 38.8 Å². The molecular weight excluding hydrogens is 278 g/mol. The second-order valence-corrected chi connectivity index (χ2v) is 4.80. The molecule has 112 valence electrons. The van der Waals surface area contributed by atoms with E-state index in [1.54, 1.807) is 0 Å². The van der Waals surface area contributed by atoms with Gasteiger partial charge in [-0.2, -0.15) is 0 Å². The molecule has 0 radical (unpaired) electrons. The number of likely N-dealkylation sites (N-methyl/N-ethyl adjacent to an activating group) is 1.